The molecule has 2 atom stereocenters. The predicted molar refractivity (Wildman–Crippen MR) is 54.3 cm³/mol. The number of hydrogen-bond acceptors (Lipinski definition) is 2. The summed E-state index contributed by atoms with van der Waals surface area (Å²) in [5.74, 6) is 0. The maximum atomic E-state index is 13.4. The van der Waals surface area contributed by atoms with Crippen LogP contribution < -0.4 is 5.73 Å². The van der Waals surface area contributed by atoms with Gasteiger partial charge in [0, 0.05) is 25.6 Å². The molecule has 0 amide bonds. The van der Waals surface area contributed by atoms with Crippen molar-refractivity contribution in [3.8, 4) is 0 Å². The fourth-order valence-corrected chi connectivity index (χ4v) is 1.87. The van der Waals surface area contributed by atoms with Crippen LogP contribution in [-0.2, 0) is 6.54 Å². The number of likely N-dealkylation sites (tertiary alicyclic amines) is 1. The molecule has 1 aromatic carbocycles. The van der Waals surface area contributed by atoms with Gasteiger partial charge >= 0.3 is 0 Å². The van der Waals surface area contributed by atoms with Gasteiger partial charge in [-0.05, 0) is 5.56 Å². The highest BCUT2D eigenvalue weighted by molar-refractivity contribution is 5.14. The van der Waals surface area contributed by atoms with Gasteiger partial charge in [0.25, 0.3) is 0 Å². The molecule has 0 unspecified atom stereocenters. The minimum absolute atomic E-state index is 0.00582. The van der Waals surface area contributed by atoms with E-state index in [9.17, 15) is 4.39 Å². The molecule has 0 bridgehead atoms. The minimum Gasteiger partial charge on any atom is -0.326 e. The van der Waals surface area contributed by atoms with Crippen molar-refractivity contribution in [2.45, 2.75) is 25.3 Å². The van der Waals surface area contributed by atoms with Gasteiger partial charge in [0.05, 0.1) is 0 Å². The van der Waals surface area contributed by atoms with Crippen molar-refractivity contribution in [3.63, 3.8) is 0 Å². The maximum Gasteiger partial charge on any atom is 0.155 e. The van der Waals surface area contributed by atoms with E-state index in [1.165, 1.54) is 0 Å². The molecule has 0 aromatic heterocycles. The molecule has 1 saturated heterocycles. The second kappa shape index (κ2) is 4.07. The third-order valence-corrected chi connectivity index (χ3v) is 2.59. The Labute approximate surface area is 83.5 Å². The Hall–Kier alpha value is -0.930. The van der Waals surface area contributed by atoms with E-state index in [0.29, 0.717) is 19.5 Å². The molecule has 1 heterocycles. The van der Waals surface area contributed by atoms with Gasteiger partial charge in [-0.15, -0.1) is 0 Å². The molecule has 2 rings (SSSR count). The zero-order chi connectivity index (χ0) is 9.97. The van der Waals surface area contributed by atoms with Crippen LogP contribution in [0.25, 0.3) is 0 Å². The molecule has 0 spiro atoms. The zero-order valence-corrected chi connectivity index (χ0v) is 8.07. The Morgan fingerprint density at radius 3 is 2.64 bits per heavy atom. The molecule has 3 heteroatoms. The third kappa shape index (κ3) is 2.11. The van der Waals surface area contributed by atoms with Gasteiger partial charge < -0.3 is 5.73 Å². The van der Waals surface area contributed by atoms with E-state index in [0.717, 1.165) is 5.56 Å². The van der Waals surface area contributed by atoms with E-state index < -0.39 is 6.30 Å². The lowest BCUT2D eigenvalue weighted by molar-refractivity contribution is 0.120. The molecule has 1 aliphatic rings. The van der Waals surface area contributed by atoms with Crippen LogP contribution in [0.2, 0.25) is 0 Å². The standard InChI is InChI=1S/C11H15FN2/c12-11-6-10(13)8-14(11)7-9-4-2-1-3-5-9/h1-5,10-11H,6-8,13H2/t10-,11-/m1/s1. The average Bonchev–Trinajstić information content (AvgIpc) is 2.47. The van der Waals surface area contributed by atoms with Gasteiger partial charge in [0.1, 0.15) is 0 Å². The normalized spacial score (nSPS) is 28.1. The monoisotopic (exact) mass is 194 g/mol. The molecule has 14 heavy (non-hydrogen) atoms. The van der Waals surface area contributed by atoms with Crippen LogP contribution >= 0.6 is 0 Å². The van der Waals surface area contributed by atoms with Crippen LogP contribution in [0.4, 0.5) is 4.39 Å². The Bertz CT molecular complexity index is 289. The maximum absolute atomic E-state index is 13.4. The van der Waals surface area contributed by atoms with Gasteiger partial charge in [-0.3, -0.25) is 4.90 Å². The molecule has 76 valence electrons. The predicted octanol–water partition coefficient (Wildman–Crippen LogP) is 1.52. The summed E-state index contributed by atoms with van der Waals surface area (Å²) in [4.78, 5) is 1.79. The van der Waals surface area contributed by atoms with Gasteiger partial charge in [-0.2, -0.15) is 0 Å². The number of hydrogen-bond donors (Lipinski definition) is 1. The van der Waals surface area contributed by atoms with Crippen molar-refractivity contribution in [3.05, 3.63) is 35.9 Å². The lowest BCUT2D eigenvalue weighted by atomic mass is 10.2. The fraction of sp³-hybridized carbons (Fsp3) is 0.455. The van der Waals surface area contributed by atoms with Crippen molar-refractivity contribution < 1.29 is 4.39 Å². The summed E-state index contributed by atoms with van der Waals surface area (Å²) < 4.78 is 13.4. The van der Waals surface area contributed by atoms with Crippen molar-refractivity contribution in [2.75, 3.05) is 6.54 Å². The first-order valence-electron chi connectivity index (χ1n) is 4.93. The quantitative estimate of drug-likeness (QED) is 0.723. The van der Waals surface area contributed by atoms with Gasteiger partial charge in [-0.1, -0.05) is 30.3 Å². The van der Waals surface area contributed by atoms with E-state index in [1.807, 2.05) is 30.3 Å². The summed E-state index contributed by atoms with van der Waals surface area (Å²) in [5, 5.41) is 0. The molecule has 0 radical (unpaired) electrons. The molecule has 1 aliphatic heterocycles. The van der Waals surface area contributed by atoms with E-state index in [4.69, 9.17) is 5.73 Å². The average molecular weight is 194 g/mol. The van der Waals surface area contributed by atoms with E-state index in [-0.39, 0.29) is 6.04 Å². The highest BCUT2D eigenvalue weighted by Crippen LogP contribution is 2.19. The van der Waals surface area contributed by atoms with E-state index >= 15 is 0 Å². The third-order valence-electron chi connectivity index (χ3n) is 2.59. The fourth-order valence-electron chi connectivity index (χ4n) is 1.87. The molecule has 0 aliphatic carbocycles. The molecule has 0 saturated carbocycles. The van der Waals surface area contributed by atoms with Crippen LogP contribution in [0.1, 0.15) is 12.0 Å². The number of rotatable bonds is 2. The van der Waals surface area contributed by atoms with Crippen LogP contribution in [0.15, 0.2) is 30.3 Å². The van der Waals surface area contributed by atoms with Crippen LogP contribution in [-0.4, -0.2) is 23.8 Å². The molecule has 1 fully saturated rings. The Morgan fingerprint density at radius 1 is 1.36 bits per heavy atom. The summed E-state index contributed by atoms with van der Waals surface area (Å²) >= 11 is 0. The smallest absolute Gasteiger partial charge is 0.155 e. The number of benzene rings is 1. The largest absolute Gasteiger partial charge is 0.326 e. The van der Waals surface area contributed by atoms with Crippen molar-refractivity contribution in [2.24, 2.45) is 5.73 Å². The molecular formula is C11H15FN2. The lowest BCUT2D eigenvalue weighted by Gasteiger charge is -2.17. The summed E-state index contributed by atoms with van der Waals surface area (Å²) in [6, 6.07) is 9.92. The topological polar surface area (TPSA) is 29.3 Å². The minimum atomic E-state index is -0.870. The molecular weight excluding hydrogens is 179 g/mol. The van der Waals surface area contributed by atoms with Crippen LogP contribution in [0.3, 0.4) is 0 Å². The Balaban J connectivity index is 1.98. The number of nitrogens with zero attached hydrogens (tertiary/aromatic N) is 1. The van der Waals surface area contributed by atoms with E-state index in [2.05, 4.69) is 0 Å². The number of halogens is 1. The highest BCUT2D eigenvalue weighted by Gasteiger charge is 2.29. The lowest BCUT2D eigenvalue weighted by Crippen LogP contribution is -2.28. The summed E-state index contributed by atoms with van der Waals surface area (Å²) in [5.41, 5.74) is 6.83. The first-order chi connectivity index (χ1) is 6.75. The van der Waals surface area contributed by atoms with E-state index in [1.54, 1.807) is 4.90 Å². The Morgan fingerprint density at radius 2 is 2.07 bits per heavy atom. The first kappa shape index (κ1) is 9.62. The Kier molecular flexibility index (Phi) is 2.79. The summed E-state index contributed by atoms with van der Waals surface area (Å²) in [7, 11) is 0. The first-order valence-corrected chi connectivity index (χ1v) is 4.93. The van der Waals surface area contributed by atoms with Gasteiger partial charge in [0.15, 0.2) is 6.30 Å². The molecule has 2 N–H and O–H groups in total. The highest BCUT2D eigenvalue weighted by atomic mass is 19.1. The summed E-state index contributed by atoms with van der Waals surface area (Å²) in [6.45, 7) is 1.33. The SMILES string of the molecule is N[C@@H]1C[C@H](F)N(Cc2ccccc2)C1. The van der Waals surface area contributed by atoms with Crippen LogP contribution in [0.5, 0.6) is 0 Å². The zero-order valence-electron chi connectivity index (χ0n) is 8.07. The van der Waals surface area contributed by atoms with Gasteiger partial charge in [0.2, 0.25) is 0 Å². The van der Waals surface area contributed by atoms with Crippen molar-refractivity contribution in [1.82, 2.24) is 4.90 Å². The molecule has 2 nitrogen and oxygen atoms in total. The van der Waals surface area contributed by atoms with Crippen molar-refractivity contribution >= 4 is 0 Å². The second-order valence-corrected chi connectivity index (χ2v) is 3.85. The number of alkyl halides is 1. The molecule has 1 aromatic rings. The second-order valence-electron chi connectivity index (χ2n) is 3.85. The number of nitrogens with two attached hydrogens (primary N) is 1. The van der Waals surface area contributed by atoms with Crippen LogP contribution in [0, 0.1) is 0 Å². The van der Waals surface area contributed by atoms with Gasteiger partial charge in [-0.25, -0.2) is 4.39 Å². The van der Waals surface area contributed by atoms with Crippen molar-refractivity contribution in [1.29, 1.82) is 0 Å². The summed E-state index contributed by atoms with van der Waals surface area (Å²) in [6.07, 6.45) is -0.405.